The van der Waals surface area contributed by atoms with Gasteiger partial charge in [0.25, 0.3) is 0 Å². The summed E-state index contributed by atoms with van der Waals surface area (Å²) in [5, 5.41) is 1.11. The summed E-state index contributed by atoms with van der Waals surface area (Å²) in [5.41, 5.74) is 5.78. The van der Waals surface area contributed by atoms with Crippen molar-refractivity contribution in [3.8, 4) is 32.7 Å². The predicted octanol–water partition coefficient (Wildman–Crippen LogP) is 7.38. The van der Waals surface area contributed by atoms with Crippen molar-refractivity contribution in [2.24, 2.45) is 0 Å². The topological polar surface area (TPSA) is 17.1 Å². The van der Waals surface area contributed by atoms with Gasteiger partial charge in [0, 0.05) is 15.6 Å². The minimum Gasteiger partial charge on any atom is -0.249 e. The van der Waals surface area contributed by atoms with Gasteiger partial charge in [-0.05, 0) is 34.4 Å². The maximum Gasteiger partial charge on any atom is 0.0877 e. The van der Waals surface area contributed by atoms with E-state index in [1.54, 1.807) is 11.3 Å². The van der Waals surface area contributed by atoms with Crippen molar-refractivity contribution >= 4 is 32.2 Å². The van der Waals surface area contributed by atoms with Crippen molar-refractivity contribution in [1.82, 2.24) is 0 Å². The minimum atomic E-state index is -1.14. The van der Waals surface area contributed by atoms with Crippen LogP contribution in [0.15, 0.2) is 107 Å². The maximum atomic E-state index is 13.4. The Labute approximate surface area is 175 Å². The largest absolute Gasteiger partial charge is 0.249 e. The predicted molar refractivity (Wildman–Crippen MR) is 123 cm³/mol. The van der Waals surface area contributed by atoms with Gasteiger partial charge in [0.2, 0.25) is 0 Å². The molecule has 4 aromatic carbocycles. The van der Waals surface area contributed by atoms with Gasteiger partial charge >= 0.3 is 0 Å². The van der Waals surface area contributed by atoms with E-state index in [0.29, 0.717) is 0 Å². The number of thiophene rings is 1. The third-order valence-corrected chi connectivity index (χ3v) is 8.32. The lowest BCUT2D eigenvalue weighted by Gasteiger charge is -2.05. The lowest BCUT2D eigenvalue weighted by atomic mass is 10.0. The zero-order valence-electron chi connectivity index (χ0n) is 15.5. The van der Waals surface area contributed by atoms with Gasteiger partial charge in [-0.25, -0.2) is 4.21 Å². The standard InChI is InChI=1S/C26H16OS2/c27-29-24-16-20(18-9-5-2-6-10-18)12-14-22(24)25-26(29)21-13-11-19(15-23(21)28-25)17-7-3-1-4-8-17/h1-16H. The molecular formula is C26H16OS2. The maximum absolute atomic E-state index is 13.4. The van der Waals surface area contributed by atoms with Crippen LogP contribution in [0.5, 0.6) is 0 Å². The third-order valence-electron chi connectivity index (χ3n) is 5.47. The van der Waals surface area contributed by atoms with Gasteiger partial charge in [0.15, 0.2) is 0 Å². The molecule has 0 fully saturated rings. The van der Waals surface area contributed by atoms with Crippen LogP contribution in [0.1, 0.15) is 0 Å². The second-order valence-corrected chi connectivity index (χ2v) is 9.62. The Hall–Kier alpha value is -3.01. The first-order valence-electron chi connectivity index (χ1n) is 9.53. The molecule has 2 heterocycles. The molecule has 0 saturated carbocycles. The second kappa shape index (κ2) is 6.51. The van der Waals surface area contributed by atoms with Crippen LogP contribution in [-0.4, -0.2) is 4.21 Å². The Kier molecular flexibility index (Phi) is 3.80. The number of fused-ring (bicyclic) bond motifs is 5. The highest BCUT2D eigenvalue weighted by molar-refractivity contribution is 7.86. The molecular weight excluding hydrogens is 392 g/mol. The molecule has 138 valence electrons. The van der Waals surface area contributed by atoms with Crippen LogP contribution < -0.4 is 0 Å². The average molecular weight is 409 g/mol. The fourth-order valence-corrected chi connectivity index (χ4v) is 7.17. The van der Waals surface area contributed by atoms with E-state index in [-0.39, 0.29) is 0 Å². The number of hydrogen-bond acceptors (Lipinski definition) is 2. The molecule has 0 bridgehead atoms. The first-order chi connectivity index (χ1) is 14.3. The quantitative estimate of drug-likeness (QED) is 0.292. The summed E-state index contributed by atoms with van der Waals surface area (Å²) in [4.78, 5) is 3.06. The molecule has 1 aliphatic rings. The van der Waals surface area contributed by atoms with Crippen LogP contribution >= 0.6 is 11.3 Å². The van der Waals surface area contributed by atoms with E-state index in [1.807, 2.05) is 24.3 Å². The van der Waals surface area contributed by atoms with Crippen LogP contribution in [0.3, 0.4) is 0 Å². The van der Waals surface area contributed by atoms with E-state index in [1.165, 1.54) is 15.8 Å². The SMILES string of the molecule is O=S1c2cc(-c3ccccc3)ccc2-c2sc3cc(-c4ccccc4)ccc3c21. The molecule has 29 heavy (non-hydrogen) atoms. The summed E-state index contributed by atoms with van der Waals surface area (Å²) >= 11 is 1.75. The number of rotatable bonds is 2. The third kappa shape index (κ3) is 2.62. The van der Waals surface area contributed by atoms with Crippen LogP contribution in [0.2, 0.25) is 0 Å². The zero-order valence-corrected chi connectivity index (χ0v) is 17.1. The van der Waals surface area contributed by atoms with Crippen molar-refractivity contribution in [1.29, 1.82) is 0 Å². The summed E-state index contributed by atoms with van der Waals surface area (Å²) in [5.74, 6) is 0. The van der Waals surface area contributed by atoms with Gasteiger partial charge in [-0.3, -0.25) is 0 Å². The van der Waals surface area contributed by atoms with Crippen molar-refractivity contribution in [2.75, 3.05) is 0 Å². The highest BCUT2D eigenvalue weighted by Crippen LogP contribution is 2.50. The summed E-state index contributed by atoms with van der Waals surface area (Å²) in [6.45, 7) is 0. The molecule has 0 amide bonds. The number of benzene rings is 4. The summed E-state index contributed by atoms with van der Waals surface area (Å²) in [6.07, 6.45) is 0. The molecule has 3 heteroatoms. The molecule has 1 aromatic heterocycles. The average Bonchev–Trinajstić information content (AvgIpc) is 3.29. The Bertz CT molecular complexity index is 1400. The Morgan fingerprint density at radius 3 is 1.93 bits per heavy atom. The van der Waals surface area contributed by atoms with Gasteiger partial charge in [0.05, 0.1) is 25.5 Å². The van der Waals surface area contributed by atoms with E-state index in [9.17, 15) is 4.21 Å². The molecule has 0 radical (unpaired) electrons. The Morgan fingerprint density at radius 1 is 0.621 bits per heavy atom. The molecule has 5 aromatic rings. The highest BCUT2D eigenvalue weighted by atomic mass is 32.2. The fraction of sp³-hybridized carbons (Fsp3) is 0. The first kappa shape index (κ1) is 16.9. The Morgan fingerprint density at radius 2 is 1.24 bits per heavy atom. The van der Waals surface area contributed by atoms with Gasteiger partial charge in [-0.2, -0.15) is 0 Å². The zero-order chi connectivity index (χ0) is 19.4. The normalized spacial score (nSPS) is 14.7. The lowest BCUT2D eigenvalue weighted by Crippen LogP contribution is -1.88. The van der Waals surface area contributed by atoms with Crippen LogP contribution in [0, 0.1) is 0 Å². The molecule has 1 aliphatic heterocycles. The van der Waals surface area contributed by atoms with E-state index >= 15 is 0 Å². The van der Waals surface area contributed by atoms with Crippen molar-refractivity contribution in [2.45, 2.75) is 9.79 Å². The van der Waals surface area contributed by atoms with Crippen LogP contribution in [-0.2, 0) is 10.8 Å². The molecule has 1 unspecified atom stereocenters. The van der Waals surface area contributed by atoms with E-state index < -0.39 is 10.8 Å². The first-order valence-corrected chi connectivity index (χ1v) is 11.5. The van der Waals surface area contributed by atoms with Crippen molar-refractivity contribution < 1.29 is 4.21 Å². The van der Waals surface area contributed by atoms with Crippen LogP contribution in [0.25, 0.3) is 42.8 Å². The summed E-state index contributed by atoms with van der Waals surface area (Å²) < 4.78 is 14.6. The monoisotopic (exact) mass is 408 g/mol. The molecule has 0 aliphatic carbocycles. The van der Waals surface area contributed by atoms with Gasteiger partial charge in [0.1, 0.15) is 0 Å². The molecule has 0 saturated heterocycles. The molecule has 0 N–H and O–H groups in total. The summed E-state index contributed by atoms with van der Waals surface area (Å²) in [7, 11) is -1.14. The van der Waals surface area contributed by atoms with Crippen molar-refractivity contribution in [3.63, 3.8) is 0 Å². The van der Waals surface area contributed by atoms with Gasteiger partial charge < -0.3 is 0 Å². The van der Waals surface area contributed by atoms with E-state index in [2.05, 4.69) is 72.8 Å². The second-order valence-electron chi connectivity index (χ2n) is 7.18. The minimum absolute atomic E-state index is 0.932. The fourth-order valence-electron chi connectivity index (χ4n) is 4.03. The molecule has 1 nitrogen and oxygen atoms in total. The molecule has 6 rings (SSSR count). The van der Waals surface area contributed by atoms with E-state index in [4.69, 9.17) is 0 Å². The van der Waals surface area contributed by atoms with Crippen LogP contribution in [0.4, 0.5) is 0 Å². The number of hydrogen-bond donors (Lipinski definition) is 0. The molecule has 0 spiro atoms. The molecule has 1 atom stereocenters. The smallest absolute Gasteiger partial charge is 0.0877 e. The summed E-state index contributed by atoms with van der Waals surface area (Å²) in [6, 6.07) is 33.5. The lowest BCUT2D eigenvalue weighted by molar-refractivity contribution is 0.685. The van der Waals surface area contributed by atoms with Gasteiger partial charge in [-0.15, -0.1) is 11.3 Å². The van der Waals surface area contributed by atoms with Crippen molar-refractivity contribution in [3.05, 3.63) is 97.1 Å². The van der Waals surface area contributed by atoms with E-state index in [0.717, 1.165) is 36.7 Å². The van der Waals surface area contributed by atoms with Gasteiger partial charge in [-0.1, -0.05) is 84.9 Å². The highest BCUT2D eigenvalue weighted by Gasteiger charge is 2.30. The Balaban J connectivity index is 1.49.